The van der Waals surface area contributed by atoms with Crippen LogP contribution in [0, 0.1) is 0 Å². The first-order chi connectivity index (χ1) is 13.4. The molecule has 0 atom stereocenters. The topological polar surface area (TPSA) is 58.6 Å². The van der Waals surface area contributed by atoms with Gasteiger partial charge in [-0.15, -0.1) is 0 Å². The molecule has 1 N–H and O–H groups in total. The fourth-order valence-corrected chi connectivity index (χ4v) is 3.02. The summed E-state index contributed by atoms with van der Waals surface area (Å²) in [7, 11) is 1.57. The Kier molecular flexibility index (Phi) is 8.36. The van der Waals surface area contributed by atoms with E-state index in [2.05, 4.69) is 5.32 Å². The summed E-state index contributed by atoms with van der Waals surface area (Å²) in [6.45, 7) is 2.32. The Hall–Kier alpha value is -2.50. The molecule has 0 radical (unpaired) electrons. The fourth-order valence-electron chi connectivity index (χ4n) is 2.56. The fraction of sp³-hybridized carbons (Fsp3) is 0.238. The number of halogens is 2. The highest BCUT2D eigenvalue weighted by Crippen LogP contribution is 2.25. The summed E-state index contributed by atoms with van der Waals surface area (Å²) in [5.41, 5.74) is 1.23. The van der Waals surface area contributed by atoms with Gasteiger partial charge in [-0.1, -0.05) is 48.3 Å². The summed E-state index contributed by atoms with van der Waals surface area (Å²) < 4.78 is 5.27. The number of hydrogen-bond donors (Lipinski definition) is 1. The Morgan fingerprint density at radius 2 is 1.93 bits per heavy atom. The lowest BCUT2D eigenvalue weighted by atomic mass is 10.2. The third-order valence-corrected chi connectivity index (χ3v) is 4.44. The molecule has 0 aromatic heterocycles. The van der Waals surface area contributed by atoms with E-state index in [4.69, 9.17) is 27.9 Å². The molecule has 2 rings (SSSR count). The van der Waals surface area contributed by atoms with Gasteiger partial charge in [0.15, 0.2) is 0 Å². The molecule has 2 aromatic carbocycles. The number of carbonyl (C=O) groups is 2. The highest BCUT2D eigenvalue weighted by molar-refractivity contribution is 6.36. The molecule has 0 spiro atoms. The normalized spacial score (nSPS) is 10.7. The number of nitrogens with zero attached hydrogens (tertiary/aromatic N) is 1. The first kappa shape index (κ1) is 21.8. The van der Waals surface area contributed by atoms with E-state index in [1.807, 2.05) is 31.2 Å². The standard InChI is InChI=1S/C21H22Cl2N2O3/c1-3-12-25(14-20(26)24-18-10-9-16(22)13-17(18)23)21(27)11-8-15-6-4-5-7-19(15)28-2/h4-11,13H,3,12,14H2,1-2H3,(H,24,26)/b11-8+. The minimum atomic E-state index is -0.336. The predicted octanol–water partition coefficient (Wildman–Crippen LogP) is 4.89. The van der Waals surface area contributed by atoms with Crippen molar-refractivity contribution in [3.63, 3.8) is 0 Å². The largest absolute Gasteiger partial charge is 0.496 e. The average molecular weight is 421 g/mol. The molecule has 0 saturated heterocycles. The van der Waals surface area contributed by atoms with Crippen LogP contribution >= 0.6 is 23.2 Å². The van der Waals surface area contributed by atoms with E-state index in [1.165, 1.54) is 11.0 Å². The number of ether oxygens (including phenoxy) is 1. The van der Waals surface area contributed by atoms with Crippen molar-refractivity contribution in [2.75, 3.05) is 25.5 Å². The maximum atomic E-state index is 12.6. The van der Waals surface area contributed by atoms with Gasteiger partial charge >= 0.3 is 0 Å². The molecule has 0 fully saturated rings. The van der Waals surface area contributed by atoms with Gasteiger partial charge in [-0.2, -0.15) is 0 Å². The third-order valence-electron chi connectivity index (χ3n) is 3.89. The van der Waals surface area contributed by atoms with Gasteiger partial charge in [0.2, 0.25) is 11.8 Å². The van der Waals surface area contributed by atoms with Gasteiger partial charge < -0.3 is 15.0 Å². The van der Waals surface area contributed by atoms with Gasteiger partial charge in [0, 0.05) is 23.2 Å². The highest BCUT2D eigenvalue weighted by atomic mass is 35.5. The van der Waals surface area contributed by atoms with E-state index < -0.39 is 0 Å². The zero-order valence-corrected chi connectivity index (χ0v) is 17.3. The molecule has 0 aliphatic carbocycles. The van der Waals surface area contributed by atoms with Crippen LogP contribution < -0.4 is 10.1 Å². The lowest BCUT2D eigenvalue weighted by molar-refractivity contribution is -0.130. The summed E-state index contributed by atoms with van der Waals surface area (Å²) in [4.78, 5) is 26.4. The molecule has 0 aliphatic rings. The van der Waals surface area contributed by atoms with Gasteiger partial charge in [-0.25, -0.2) is 0 Å². The minimum Gasteiger partial charge on any atom is -0.496 e. The molecular weight excluding hydrogens is 399 g/mol. The molecule has 2 aromatic rings. The molecule has 0 heterocycles. The Balaban J connectivity index is 2.05. The number of anilines is 1. The van der Waals surface area contributed by atoms with Crippen LogP contribution in [-0.4, -0.2) is 36.9 Å². The molecule has 7 heteroatoms. The Morgan fingerprint density at radius 1 is 1.18 bits per heavy atom. The monoisotopic (exact) mass is 420 g/mol. The zero-order chi connectivity index (χ0) is 20.5. The van der Waals surface area contributed by atoms with Crippen molar-refractivity contribution in [2.24, 2.45) is 0 Å². The maximum Gasteiger partial charge on any atom is 0.247 e. The van der Waals surface area contributed by atoms with Crippen molar-refractivity contribution in [3.8, 4) is 5.75 Å². The third kappa shape index (κ3) is 6.29. The van der Waals surface area contributed by atoms with Crippen LogP contribution in [0.5, 0.6) is 5.75 Å². The molecular formula is C21H22Cl2N2O3. The summed E-state index contributed by atoms with van der Waals surface area (Å²) in [6, 6.07) is 12.2. The van der Waals surface area contributed by atoms with Gasteiger partial charge in [0.05, 0.1) is 17.8 Å². The number of rotatable bonds is 8. The first-order valence-electron chi connectivity index (χ1n) is 8.79. The number of amides is 2. The lowest BCUT2D eigenvalue weighted by Gasteiger charge is -2.20. The van der Waals surface area contributed by atoms with Crippen molar-refractivity contribution in [1.82, 2.24) is 4.90 Å². The second-order valence-corrected chi connectivity index (χ2v) is 6.85. The molecule has 0 unspecified atom stereocenters. The smallest absolute Gasteiger partial charge is 0.247 e. The van der Waals surface area contributed by atoms with Crippen LogP contribution in [0.2, 0.25) is 10.0 Å². The second kappa shape index (κ2) is 10.7. The Labute approximate surface area is 174 Å². The van der Waals surface area contributed by atoms with E-state index in [0.29, 0.717) is 28.0 Å². The second-order valence-electron chi connectivity index (χ2n) is 6.01. The quantitative estimate of drug-likeness (QED) is 0.618. The van der Waals surface area contributed by atoms with Crippen LogP contribution in [0.25, 0.3) is 6.08 Å². The Bertz CT molecular complexity index is 868. The number of hydrogen-bond acceptors (Lipinski definition) is 3. The minimum absolute atomic E-state index is 0.0815. The highest BCUT2D eigenvalue weighted by Gasteiger charge is 2.15. The SMILES string of the molecule is CCCN(CC(=O)Nc1ccc(Cl)cc1Cl)C(=O)/C=C/c1ccccc1OC. The first-order valence-corrected chi connectivity index (χ1v) is 9.55. The van der Waals surface area contributed by atoms with Crippen LogP contribution in [0.1, 0.15) is 18.9 Å². The van der Waals surface area contributed by atoms with Crippen LogP contribution in [0.4, 0.5) is 5.69 Å². The molecule has 0 bridgehead atoms. The van der Waals surface area contributed by atoms with Crippen molar-refractivity contribution < 1.29 is 14.3 Å². The number of para-hydroxylation sites is 1. The molecule has 5 nitrogen and oxygen atoms in total. The van der Waals surface area contributed by atoms with Crippen LogP contribution in [0.15, 0.2) is 48.5 Å². The van der Waals surface area contributed by atoms with Crippen LogP contribution in [-0.2, 0) is 9.59 Å². The van der Waals surface area contributed by atoms with E-state index in [9.17, 15) is 9.59 Å². The van der Waals surface area contributed by atoms with Gasteiger partial charge in [-0.3, -0.25) is 9.59 Å². The number of nitrogens with one attached hydrogen (secondary N) is 1. The Morgan fingerprint density at radius 3 is 2.61 bits per heavy atom. The average Bonchev–Trinajstić information content (AvgIpc) is 2.68. The lowest BCUT2D eigenvalue weighted by Crippen LogP contribution is -2.37. The van der Waals surface area contributed by atoms with E-state index in [-0.39, 0.29) is 18.4 Å². The van der Waals surface area contributed by atoms with Gasteiger partial charge in [0.25, 0.3) is 0 Å². The molecule has 28 heavy (non-hydrogen) atoms. The molecule has 2 amide bonds. The van der Waals surface area contributed by atoms with E-state index >= 15 is 0 Å². The summed E-state index contributed by atoms with van der Waals surface area (Å²) in [6.07, 6.45) is 3.84. The number of methoxy groups -OCH3 is 1. The van der Waals surface area contributed by atoms with Crippen LogP contribution in [0.3, 0.4) is 0 Å². The van der Waals surface area contributed by atoms with E-state index in [0.717, 1.165) is 12.0 Å². The number of benzene rings is 2. The van der Waals surface area contributed by atoms with Crippen molar-refractivity contribution in [1.29, 1.82) is 0 Å². The van der Waals surface area contributed by atoms with Gasteiger partial charge in [0.1, 0.15) is 12.3 Å². The molecule has 148 valence electrons. The molecule has 0 aliphatic heterocycles. The summed E-state index contributed by atoms with van der Waals surface area (Å²) >= 11 is 11.9. The number of carbonyl (C=O) groups excluding carboxylic acids is 2. The molecule has 0 saturated carbocycles. The van der Waals surface area contributed by atoms with Crippen molar-refractivity contribution >= 4 is 46.8 Å². The van der Waals surface area contributed by atoms with Crippen molar-refractivity contribution in [2.45, 2.75) is 13.3 Å². The van der Waals surface area contributed by atoms with Crippen molar-refractivity contribution in [3.05, 3.63) is 64.1 Å². The zero-order valence-electron chi connectivity index (χ0n) is 15.7. The maximum absolute atomic E-state index is 12.6. The van der Waals surface area contributed by atoms with E-state index in [1.54, 1.807) is 31.4 Å². The summed E-state index contributed by atoms with van der Waals surface area (Å²) in [5.74, 6) is 0.0746. The van der Waals surface area contributed by atoms with Gasteiger partial charge in [-0.05, 0) is 36.8 Å². The summed E-state index contributed by atoms with van der Waals surface area (Å²) in [5, 5.41) is 3.52. The predicted molar refractivity (Wildman–Crippen MR) is 114 cm³/mol.